The Bertz CT molecular complexity index is 1260. The Balaban J connectivity index is 0.000000184. The molecular formula is C48H78BaO6. The van der Waals surface area contributed by atoms with Crippen LogP contribution in [-0.2, 0) is 9.59 Å². The number of carboxylic acids is 2. The van der Waals surface area contributed by atoms with Crippen LogP contribution in [0.2, 0.25) is 0 Å². The van der Waals surface area contributed by atoms with Crippen molar-refractivity contribution in [2.75, 3.05) is 0 Å². The summed E-state index contributed by atoms with van der Waals surface area (Å²) < 4.78 is 0. The molecule has 0 amide bonds. The van der Waals surface area contributed by atoms with Crippen LogP contribution in [0.5, 0.6) is 0 Å². The number of fused-ring (bicyclic) bond motifs is 10. The van der Waals surface area contributed by atoms with Gasteiger partial charge in [0.15, 0.2) is 0 Å². The number of aliphatic hydroxyl groups excluding tert-OH is 2. The number of carbonyl (C=O) groups excluding carboxylic acids is 2. The van der Waals surface area contributed by atoms with E-state index in [4.69, 9.17) is 0 Å². The van der Waals surface area contributed by atoms with Crippen molar-refractivity contribution in [1.82, 2.24) is 0 Å². The smallest absolute Gasteiger partial charge is 0.550 e. The second-order valence-electron chi connectivity index (χ2n) is 22.4. The summed E-state index contributed by atoms with van der Waals surface area (Å²) in [6.45, 7) is 14.8. The molecule has 0 aliphatic heterocycles. The number of aliphatic hydroxyl groups is 2. The molecule has 8 aliphatic carbocycles. The van der Waals surface area contributed by atoms with Gasteiger partial charge in [-0.15, -0.1) is 0 Å². The minimum atomic E-state index is -0.893. The number of hydrogen-bond donors (Lipinski definition) is 2. The maximum atomic E-state index is 10.9. The molecule has 6 nitrogen and oxygen atoms in total. The first-order chi connectivity index (χ1) is 25.5. The van der Waals surface area contributed by atoms with Crippen molar-refractivity contribution in [1.29, 1.82) is 0 Å². The monoisotopic (exact) mass is 888 g/mol. The van der Waals surface area contributed by atoms with E-state index in [-0.39, 0.29) is 73.9 Å². The van der Waals surface area contributed by atoms with Crippen LogP contribution in [0.15, 0.2) is 0 Å². The Kier molecular flexibility index (Phi) is 14.2. The van der Waals surface area contributed by atoms with Crippen molar-refractivity contribution in [3.05, 3.63) is 0 Å². The third-order valence-electron chi connectivity index (χ3n) is 20.4. The zero-order valence-corrected chi connectivity index (χ0v) is 40.3. The van der Waals surface area contributed by atoms with Crippen LogP contribution >= 0.6 is 0 Å². The van der Waals surface area contributed by atoms with Crippen molar-refractivity contribution in [3.8, 4) is 0 Å². The quantitative estimate of drug-likeness (QED) is 0.239. The molecular weight excluding hydrogens is 810 g/mol. The second kappa shape index (κ2) is 17.4. The average Bonchev–Trinajstić information content (AvgIpc) is 3.67. The molecule has 7 heteroatoms. The molecule has 0 heterocycles. The van der Waals surface area contributed by atoms with Gasteiger partial charge in [-0.1, -0.05) is 41.5 Å². The van der Waals surface area contributed by atoms with E-state index in [2.05, 4.69) is 41.5 Å². The van der Waals surface area contributed by atoms with Gasteiger partial charge in [0.05, 0.1) is 12.2 Å². The molecule has 0 bridgehead atoms. The first-order valence-corrected chi connectivity index (χ1v) is 23.3. The molecule has 0 aromatic carbocycles. The summed E-state index contributed by atoms with van der Waals surface area (Å²) in [5.41, 5.74) is 1.71. The molecule has 2 unspecified atom stereocenters. The number of aliphatic carboxylic acids is 2. The van der Waals surface area contributed by atoms with Gasteiger partial charge in [-0.25, -0.2) is 0 Å². The first kappa shape index (κ1) is 45.0. The van der Waals surface area contributed by atoms with E-state index in [1.54, 1.807) is 0 Å². The molecule has 8 rings (SSSR count). The van der Waals surface area contributed by atoms with Crippen molar-refractivity contribution in [3.63, 3.8) is 0 Å². The van der Waals surface area contributed by atoms with E-state index in [1.807, 2.05) is 0 Å². The van der Waals surface area contributed by atoms with E-state index in [0.717, 1.165) is 85.9 Å². The molecule has 0 aromatic heterocycles. The number of carboxylic acid groups (broad SMARTS) is 2. The van der Waals surface area contributed by atoms with Gasteiger partial charge in [0.25, 0.3) is 0 Å². The second-order valence-corrected chi connectivity index (χ2v) is 22.4. The minimum Gasteiger partial charge on any atom is -0.550 e. The summed E-state index contributed by atoms with van der Waals surface area (Å²) >= 11 is 0. The van der Waals surface area contributed by atoms with Crippen molar-refractivity contribution < 1.29 is 30.0 Å². The fourth-order valence-electron chi connectivity index (χ4n) is 17.5. The normalized spacial score (nSPS) is 49.5. The van der Waals surface area contributed by atoms with Gasteiger partial charge in [0, 0.05) is 11.9 Å². The van der Waals surface area contributed by atoms with Gasteiger partial charge in [-0.3, -0.25) is 0 Å². The van der Waals surface area contributed by atoms with E-state index < -0.39 is 11.9 Å². The van der Waals surface area contributed by atoms with Crippen LogP contribution in [0.25, 0.3) is 0 Å². The van der Waals surface area contributed by atoms with Gasteiger partial charge in [0.2, 0.25) is 0 Å². The van der Waals surface area contributed by atoms with Crippen LogP contribution < -0.4 is 10.2 Å². The molecule has 308 valence electrons. The fraction of sp³-hybridized carbons (Fsp3) is 0.958. The van der Waals surface area contributed by atoms with Crippen LogP contribution in [0.3, 0.4) is 0 Å². The number of carbonyl (C=O) groups is 2. The van der Waals surface area contributed by atoms with Crippen molar-refractivity contribution in [2.45, 2.75) is 195 Å². The summed E-state index contributed by atoms with van der Waals surface area (Å²) in [6, 6.07) is 0. The topological polar surface area (TPSA) is 121 Å². The van der Waals surface area contributed by atoms with Gasteiger partial charge in [-0.2, -0.15) is 0 Å². The van der Waals surface area contributed by atoms with Crippen LogP contribution in [-0.4, -0.2) is 83.2 Å². The van der Waals surface area contributed by atoms with Gasteiger partial charge in [0.1, 0.15) is 0 Å². The van der Waals surface area contributed by atoms with E-state index in [1.165, 1.54) is 89.9 Å². The minimum absolute atomic E-state index is 0. The van der Waals surface area contributed by atoms with Crippen molar-refractivity contribution in [2.24, 2.45) is 92.7 Å². The van der Waals surface area contributed by atoms with Crippen LogP contribution in [0, 0.1) is 92.7 Å². The Morgan fingerprint density at radius 1 is 0.527 bits per heavy atom. The third-order valence-corrected chi connectivity index (χ3v) is 20.4. The summed E-state index contributed by atoms with van der Waals surface area (Å²) in [5, 5.41) is 42.2. The van der Waals surface area contributed by atoms with Gasteiger partial charge >= 0.3 is 48.9 Å². The molecule has 55 heavy (non-hydrogen) atoms. The fourth-order valence-corrected chi connectivity index (χ4v) is 17.5. The third kappa shape index (κ3) is 8.28. The molecule has 0 saturated heterocycles. The maximum Gasteiger partial charge on any atom is 2.00 e. The molecule has 0 radical (unpaired) electrons. The Labute approximate surface area is 375 Å². The van der Waals surface area contributed by atoms with E-state index >= 15 is 0 Å². The molecule has 8 saturated carbocycles. The zero-order valence-electron chi connectivity index (χ0n) is 35.9. The number of rotatable bonds is 8. The van der Waals surface area contributed by atoms with Gasteiger partial charge in [-0.05, 0) is 234 Å². The maximum absolute atomic E-state index is 10.9. The van der Waals surface area contributed by atoms with Crippen LogP contribution in [0.1, 0.15) is 183 Å². The Morgan fingerprint density at radius 3 is 1.24 bits per heavy atom. The Hall–Kier alpha value is 0.431. The first-order valence-electron chi connectivity index (χ1n) is 23.3. The molecule has 18 atom stereocenters. The summed E-state index contributed by atoms with van der Waals surface area (Å²) in [4.78, 5) is 21.9. The molecule has 0 spiro atoms. The SMILES string of the molecule is C[C@H](CCC(=O)[O-])[C@H]1CC[C@H]2[C@@H]3CC[C@@H]4C[C@H](O)CC[C@]4(C)C3CC[C@]12C.C[C@H](CCC(=O)[O-])[C@H]1CC[C@H]2[C@@H]3CC[C@@H]4C[C@H](O)CC[C@]4(C)C3CC[C@]12C.[Ba+2]. The number of hydrogen-bond acceptors (Lipinski definition) is 6. The summed E-state index contributed by atoms with van der Waals surface area (Å²) in [7, 11) is 0. The largest absolute Gasteiger partial charge is 2.00 e. The molecule has 8 fully saturated rings. The summed E-state index contributed by atoms with van der Waals surface area (Å²) in [5.74, 6) is 7.09. The predicted octanol–water partition coefficient (Wildman–Crippen LogP) is 7.96. The molecule has 2 N–H and O–H groups in total. The van der Waals surface area contributed by atoms with E-state index in [0.29, 0.717) is 45.3 Å². The molecule has 0 aromatic rings. The van der Waals surface area contributed by atoms with Gasteiger partial charge < -0.3 is 30.0 Å². The predicted molar refractivity (Wildman–Crippen MR) is 215 cm³/mol. The average molecular weight is 888 g/mol. The van der Waals surface area contributed by atoms with Crippen molar-refractivity contribution >= 4 is 60.8 Å². The Morgan fingerprint density at radius 2 is 0.873 bits per heavy atom. The standard InChI is InChI=1S/2C24H40O3.Ba/c2*1-15(4-9-22(26)27)19-7-8-20-18-6-5-16-14-17(25)10-12-23(16,2)21(18)11-13-24(19,20)3;/h2*15-21,25H,4-14H2,1-3H3,(H,26,27);/q;;+2/p-2/t2*15-,16-,17-,18+,19-,20+,21?,23+,24-;/m11./s1. The molecule has 8 aliphatic rings. The summed E-state index contributed by atoms with van der Waals surface area (Å²) in [6.07, 6.45) is 24.3. The zero-order chi connectivity index (χ0) is 38.8. The van der Waals surface area contributed by atoms with E-state index in [9.17, 15) is 30.0 Å². The van der Waals surface area contributed by atoms with Crippen LogP contribution in [0.4, 0.5) is 0 Å².